The van der Waals surface area contributed by atoms with Gasteiger partial charge in [-0.05, 0) is 24.0 Å². The highest BCUT2D eigenvalue weighted by Gasteiger charge is 2.47. The molecule has 0 aliphatic carbocycles. The Morgan fingerprint density at radius 2 is 1.97 bits per heavy atom. The van der Waals surface area contributed by atoms with Crippen LogP contribution in [0.5, 0.6) is 0 Å². The molecule has 3 rings (SSSR count). The van der Waals surface area contributed by atoms with Crippen LogP contribution in [0.15, 0.2) is 54.3 Å². The van der Waals surface area contributed by atoms with Gasteiger partial charge in [0.05, 0.1) is 12.1 Å². The minimum Gasteiger partial charge on any atom is -0.453 e. The van der Waals surface area contributed by atoms with Crippen molar-refractivity contribution in [3.63, 3.8) is 0 Å². The third kappa shape index (κ3) is 4.22. The number of hydrogen-bond acceptors (Lipinski definition) is 5. The van der Waals surface area contributed by atoms with Crippen molar-refractivity contribution < 1.29 is 9.53 Å². The number of fused-ring (bicyclic) bond motifs is 2. The Balaban J connectivity index is 2.00. The van der Waals surface area contributed by atoms with Gasteiger partial charge in [0.1, 0.15) is 0 Å². The maximum atomic E-state index is 10.9. The number of hydrogen-bond donors (Lipinski definition) is 1. The molecule has 2 aliphatic heterocycles. The van der Waals surface area contributed by atoms with Crippen LogP contribution in [-0.2, 0) is 9.53 Å². The number of benzene rings is 1. The molecule has 0 spiro atoms. The average molecular weight is 397 g/mol. The van der Waals surface area contributed by atoms with Crippen LogP contribution in [0.25, 0.3) is 5.57 Å². The molecule has 1 fully saturated rings. The van der Waals surface area contributed by atoms with Gasteiger partial charge in [0.2, 0.25) is 0 Å². The summed E-state index contributed by atoms with van der Waals surface area (Å²) in [7, 11) is 0. The van der Waals surface area contributed by atoms with Crippen molar-refractivity contribution >= 4 is 11.5 Å². The zero-order valence-corrected chi connectivity index (χ0v) is 16.9. The van der Waals surface area contributed by atoms with Crippen LogP contribution in [0, 0.1) is 45.8 Å². The first-order valence-electron chi connectivity index (χ1n) is 9.90. The van der Waals surface area contributed by atoms with E-state index < -0.39 is 11.4 Å². The van der Waals surface area contributed by atoms with Gasteiger partial charge in [-0.25, -0.2) is 0 Å². The van der Waals surface area contributed by atoms with Gasteiger partial charge in [0, 0.05) is 36.9 Å². The number of carbonyl (C=O) groups excluding carboxylic acids is 1. The molecule has 150 valence electrons. The van der Waals surface area contributed by atoms with Crippen molar-refractivity contribution in [3.05, 3.63) is 59.9 Å². The highest BCUT2D eigenvalue weighted by Crippen LogP contribution is 2.47. The molecular weight excluding hydrogens is 374 g/mol. The molecule has 3 atom stereocenters. The second-order valence-corrected chi connectivity index (χ2v) is 7.45. The quantitative estimate of drug-likeness (QED) is 0.356. The number of ether oxygens (including phenoxy) is 1. The van der Waals surface area contributed by atoms with Gasteiger partial charge >= 0.3 is 5.97 Å². The minimum absolute atomic E-state index is 0.0439. The highest BCUT2D eigenvalue weighted by atomic mass is 16.5. The van der Waals surface area contributed by atoms with Crippen molar-refractivity contribution in [2.24, 2.45) is 11.3 Å². The SMILES string of the molecule is C=C=C(c1ccccc1)[C@@H]1C(C(C#N)(C#N)CC#CCOC(C)=O)=C[C@H]2CC[C@@H]1N2. The molecule has 0 unspecified atom stereocenters. The Labute approximate surface area is 177 Å². The van der Waals surface area contributed by atoms with E-state index in [0.29, 0.717) is 0 Å². The lowest BCUT2D eigenvalue weighted by atomic mass is 9.67. The Hall–Kier alpha value is -3.55. The minimum atomic E-state index is -1.40. The Kier molecular flexibility index (Phi) is 6.56. The number of nitriles is 2. The molecule has 1 saturated heterocycles. The molecule has 5 nitrogen and oxygen atoms in total. The predicted molar refractivity (Wildman–Crippen MR) is 113 cm³/mol. The normalized spacial score (nSPS) is 21.7. The fourth-order valence-electron chi connectivity index (χ4n) is 4.22. The van der Waals surface area contributed by atoms with Crippen molar-refractivity contribution in [2.75, 3.05) is 6.61 Å². The lowest BCUT2D eigenvalue weighted by molar-refractivity contribution is -0.139. The van der Waals surface area contributed by atoms with Gasteiger partial charge in [0.25, 0.3) is 0 Å². The second kappa shape index (κ2) is 9.30. The summed E-state index contributed by atoms with van der Waals surface area (Å²) in [5, 5.41) is 23.7. The molecule has 5 heteroatoms. The first-order valence-corrected chi connectivity index (χ1v) is 9.90. The van der Waals surface area contributed by atoms with E-state index in [1.807, 2.05) is 36.4 Å². The maximum Gasteiger partial charge on any atom is 0.303 e. The van der Waals surface area contributed by atoms with E-state index in [9.17, 15) is 15.3 Å². The Bertz CT molecular complexity index is 1030. The summed E-state index contributed by atoms with van der Waals surface area (Å²) >= 11 is 0. The van der Waals surface area contributed by atoms with Crippen LogP contribution in [0.1, 0.15) is 31.7 Å². The molecule has 1 aromatic rings. The molecule has 0 aromatic heterocycles. The first-order chi connectivity index (χ1) is 14.5. The molecule has 0 radical (unpaired) electrons. The topological polar surface area (TPSA) is 85.9 Å². The molecule has 0 saturated carbocycles. The van der Waals surface area contributed by atoms with E-state index in [1.165, 1.54) is 6.92 Å². The van der Waals surface area contributed by atoms with Gasteiger partial charge in [-0.3, -0.25) is 4.79 Å². The molecule has 2 aliphatic rings. The summed E-state index contributed by atoms with van der Waals surface area (Å²) in [5.41, 5.74) is 4.30. The summed E-state index contributed by atoms with van der Waals surface area (Å²) in [6.07, 6.45) is 3.96. The van der Waals surface area contributed by atoms with Crippen LogP contribution in [0.2, 0.25) is 0 Å². The van der Waals surface area contributed by atoms with E-state index in [4.69, 9.17) is 4.74 Å². The summed E-state index contributed by atoms with van der Waals surface area (Å²) in [6.45, 7) is 5.16. The highest BCUT2D eigenvalue weighted by molar-refractivity contribution is 5.72. The lowest BCUT2D eigenvalue weighted by Gasteiger charge is -2.37. The summed E-state index contributed by atoms with van der Waals surface area (Å²) in [4.78, 5) is 10.9. The fraction of sp³-hybridized carbons (Fsp3) is 0.360. The molecular formula is C25H23N3O2. The number of carbonyl (C=O) groups is 1. The molecule has 1 aromatic carbocycles. The van der Waals surface area contributed by atoms with Crippen molar-refractivity contribution in [3.8, 4) is 24.0 Å². The second-order valence-electron chi connectivity index (χ2n) is 7.45. The smallest absolute Gasteiger partial charge is 0.303 e. The molecule has 2 heterocycles. The number of rotatable bonds is 5. The molecule has 2 bridgehead atoms. The number of nitrogens with zero attached hydrogens (tertiary/aromatic N) is 2. The van der Waals surface area contributed by atoms with E-state index in [-0.39, 0.29) is 31.0 Å². The van der Waals surface area contributed by atoms with Crippen LogP contribution >= 0.6 is 0 Å². The summed E-state index contributed by atoms with van der Waals surface area (Å²) < 4.78 is 4.82. The Morgan fingerprint density at radius 1 is 1.23 bits per heavy atom. The van der Waals surface area contributed by atoms with Crippen molar-refractivity contribution in [2.45, 2.75) is 38.3 Å². The van der Waals surface area contributed by atoms with Crippen LogP contribution < -0.4 is 5.32 Å². The van der Waals surface area contributed by atoms with E-state index in [2.05, 4.69) is 41.6 Å². The largest absolute Gasteiger partial charge is 0.453 e. The van der Waals surface area contributed by atoms with E-state index in [0.717, 1.165) is 29.6 Å². The Morgan fingerprint density at radius 3 is 2.60 bits per heavy atom. The van der Waals surface area contributed by atoms with Gasteiger partial charge in [-0.15, -0.1) is 5.73 Å². The molecule has 30 heavy (non-hydrogen) atoms. The van der Waals surface area contributed by atoms with E-state index in [1.54, 1.807) is 0 Å². The van der Waals surface area contributed by atoms with Crippen LogP contribution in [0.3, 0.4) is 0 Å². The van der Waals surface area contributed by atoms with Crippen molar-refractivity contribution in [1.29, 1.82) is 10.5 Å². The van der Waals surface area contributed by atoms with Crippen LogP contribution in [-0.4, -0.2) is 24.7 Å². The van der Waals surface area contributed by atoms with Gasteiger partial charge in [-0.1, -0.05) is 54.8 Å². The summed E-state index contributed by atoms with van der Waals surface area (Å²) in [5.74, 6) is 4.99. The van der Waals surface area contributed by atoms with Crippen molar-refractivity contribution in [1.82, 2.24) is 5.32 Å². The summed E-state index contributed by atoms with van der Waals surface area (Å²) in [6, 6.07) is 14.5. The van der Waals surface area contributed by atoms with Gasteiger partial charge < -0.3 is 10.1 Å². The number of nitrogens with one attached hydrogen (secondary N) is 1. The zero-order chi connectivity index (χ0) is 21.6. The van der Waals surface area contributed by atoms with E-state index >= 15 is 0 Å². The fourth-order valence-corrected chi connectivity index (χ4v) is 4.22. The predicted octanol–water partition coefficient (Wildman–Crippen LogP) is 3.52. The zero-order valence-electron chi connectivity index (χ0n) is 16.9. The first kappa shape index (κ1) is 21.2. The standard InChI is InChI=1S/C25H23N3O2/c1-3-21(19-9-5-4-6-10-19)24-22(15-20-11-12-23(24)28-20)25(16-26,17-27)13-7-8-14-30-18(2)29/h4-6,9-10,15,20,23-24,28H,1,11-14H2,2H3/t20-,23+,24-/m1/s1. The average Bonchev–Trinajstić information content (AvgIpc) is 3.15. The van der Waals surface area contributed by atoms with Gasteiger partial charge in [-0.2, -0.15) is 10.5 Å². The third-order valence-electron chi connectivity index (χ3n) is 5.62. The molecule has 0 amide bonds. The lowest BCUT2D eigenvalue weighted by Crippen LogP contribution is -2.44. The van der Waals surface area contributed by atoms with Crippen LogP contribution in [0.4, 0.5) is 0 Å². The number of esters is 1. The molecule has 1 N–H and O–H groups in total. The monoisotopic (exact) mass is 397 g/mol. The maximum absolute atomic E-state index is 10.9. The van der Waals surface area contributed by atoms with Gasteiger partial charge in [0.15, 0.2) is 12.0 Å². The third-order valence-corrected chi connectivity index (χ3v) is 5.62.